The SMILES string of the molecule is O=C(CCOc1ccc(Cl)cc1Cl)NNC(=S)Nc1ccccc1. The van der Waals surface area contributed by atoms with Crippen LogP contribution in [-0.4, -0.2) is 17.6 Å². The Kier molecular flexibility index (Phi) is 7.11. The summed E-state index contributed by atoms with van der Waals surface area (Å²) in [7, 11) is 0. The zero-order valence-corrected chi connectivity index (χ0v) is 14.8. The van der Waals surface area contributed by atoms with Crippen LogP contribution in [0, 0.1) is 0 Å². The van der Waals surface area contributed by atoms with E-state index in [1.54, 1.807) is 18.2 Å². The molecule has 126 valence electrons. The van der Waals surface area contributed by atoms with Crippen LogP contribution in [0.25, 0.3) is 0 Å². The fourth-order valence-electron chi connectivity index (χ4n) is 1.72. The minimum Gasteiger partial charge on any atom is -0.491 e. The van der Waals surface area contributed by atoms with Crippen LogP contribution in [0.5, 0.6) is 5.75 Å². The summed E-state index contributed by atoms with van der Waals surface area (Å²) < 4.78 is 5.44. The van der Waals surface area contributed by atoms with Crippen LogP contribution in [0.2, 0.25) is 10.0 Å². The molecule has 0 spiro atoms. The lowest BCUT2D eigenvalue weighted by Crippen LogP contribution is -2.44. The Labute approximate surface area is 155 Å². The Morgan fingerprint density at radius 2 is 1.83 bits per heavy atom. The molecule has 0 saturated heterocycles. The molecule has 24 heavy (non-hydrogen) atoms. The van der Waals surface area contributed by atoms with Crippen molar-refractivity contribution in [3.63, 3.8) is 0 Å². The number of ether oxygens (including phenoxy) is 1. The van der Waals surface area contributed by atoms with Crippen LogP contribution in [0.15, 0.2) is 48.5 Å². The Hall–Kier alpha value is -2.02. The number of hydrogen-bond donors (Lipinski definition) is 3. The highest BCUT2D eigenvalue weighted by Gasteiger charge is 2.06. The van der Waals surface area contributed by atoms with Gasteiger partial charge in [0, 0.05) is 10.7 Å². The molecule has 0 fully saturated rings. The zero-order chi connectivity index (χ0) is 17.4. The second kappa shape index (κ2) is 9.32. The van der Waals surface area contributed by atoms with Gasteiger partial charge in [-0.05, 0) is 42.5 Å². The number of hydrogen-bond acceptors (Lipinski definition) is 3. The first-order valence-corrected chi connectivity index (χ1v) is 8.20. The minimum atomic E-state index is -0.266. The molecule has 0 atom stereocenters. The number of benzene rings is 2. The Morgan fingerprint density at radius 3 is 2.54 bits per heavy atom. The quantitative estimate of drug-likeness (QED) is 0.541. The summed E-state index contributed by atoms with van der Waals surface area (Å²) in [6.07, 6.45) is 0.139. The van der Waals surface area contributed by atoms with Crippen molar-refractivity contribution in [2.75, 3.05) is 11.9 Å². The maximum atomic E-state index is 11.7. The molecule has 8 heteroatoms. The van der Waals surface area contributed by atoms with Crippen molar-refractivity contribution in [3.8, 4) is 5.75 Å². The maximum Gasteiger partial charge on any atom is 0.241 e. The lowest BCUT2D eigenvalue weighted by Gasteiger charge is -2.12. The maximum absolute atomic E-state index is 11.7. The molecular weight excluding hydrogens is 369 g/mol. The van der Waals surface area contributed by atoms with E-state index in [4.69, 9.17) is 40.2 Å². The molecule has 0 aliphatic carbocycles. The first-order chi connectivity index (χ1) is 11.5. The number of amides is 1. The van der Waals surface area contributed by atoms with Gasteiger partial charge in [0.1, 0.15) is 5.75 Å². The second-order valence-electron chi connectivity index (χ2n) is 4.67. The van der Waals surface area contributed by atoms with E-state index in [1.807, 2.05) is 30.3 Å². The number of carbonyl (C=O) groups excluding carboxylic acids is 1. The third kappa shape index (κ3) is 6.23. The van der Waals surface area contributed by atoms with Crippen LogP contribution in [0.1, 0.15) is 6.42 Å². The third-order valence-corrected chi connectivity index (χ3v) is 3.56. The molecule has 1 amide bonds. The van der Waals surface area contributed by atoms with Crippen LogP contribution in [0.3, 0.4) is 0 Å². The molecular formula is C16H15Cl2N3O2S. The van der Waals surface area contributed by atoms with Crippen LogP contribution < -0.4 is 20.9 Å². The molecule has 2 aromatic rings. The van der Waals surface area contributed by atoms with E-state index in [-0.39, 0.29) is 24.0 Å². The fraction of sp³-hybridized carbons (Fsp3) is 0.125. The highest BCUT2D eigenvalue weighted by molar-refractivity contribution is 7.80. The van der Waals surface area contributed by atoms with Gasteiger partial charge in [-0.3, -0.25) is 15.6 Å². The standard InChI is InChI=1S/C16H15Cl2N3O2S/c17-11-6-7-14(13(18)10-11)23-9-8-15(22)20-21-16(24)19-12-4-2-1-3-5-12/h1-7,10H,8-9H2,(H,20,22)(H2,19,21,24). The van der Waals surface area contributed by atoms with Crippen LogP contribution >= 0.6 is 35.4 Å². The average Bonchev–Trinajstić information content (AvgIpc) is 2.56. The number of halogens is 2. The number of anilines is 1. The molecule has 0 aliphatic rings. The number of rotatable bonds is 5. The van der Waals surface area contributed by atoms with Gasteiger partial charge in [-0.1, -0.05) is 41.4 Å². The molecule has 0 heterocycles. The summed E-state index contributed by atoms with van der Waals surface area (Å²) in [5.74, 6) is 0.209. The molecule has 0 aromatic heterocycles. The van der Waals surface area contributed by atoms with E-state index in [0.29, 0.717) is 15.8 Å². The van der Waals surface area contributed by atoms with Crippen molar-refractivity contribution in [2.24, 2.45) is 0 Å². The fourth-order valence-corrected chi connectivity index (χ4v) is 2.35. The molecule has 2 aromatic carbocycles. The highest BCUT2D eigenvalue weighted by Crippen LogP contribution is 2.27. The lowest BCUT2D eigenvalue weighted by atomic mass is 10.3. The van der Waals surface area contributed by atoms with Gasteiger partial charge in [0.05, 0.1) is 18.1 Å². The van der Waals surface area contributed by atoms with Gasteiger partial charge in [-0.25, -0.2) is 0 Å². The van der Waals surface area contributed by atoms with E-state index in [2.05, 4.69) is 16.2 Å². The molecule has 2 rings (SSSR count). The van der Waals surface area contributed by atoms with Crippen molar-refractivity contribution in [1.29, 1.82) is 0 Å². The van der Waals surface area contributed by atoms with Crippen molar-refractivity contribution in [3.05, 3.63) is 58.6 Å². The molecule has 3 N–H and O–H groups in total. The van der Waals surface area contributed by atoms with Crippen LogP contribution in [0.4, 0.5) is 5.69 Å². The summed E-state index contributed by atoms with van der Waals surface area (Å²) in [4.78, 5) is 11.7. The van der Waals surface area contributed by atoms with Gasteiger partial charge < -0.3 is 10.1 Å². The van der Waals surface area contributed by atoms with Gasteiger partial charge in [0.15, 0.2) is 5.11 Å². The summed E-state index contributed by atoms with van der Waals surface area (Å²) in [6.45, 7) is 0.174. The Balaban J connectivity index is 1.67. The number of nitrogens with one attached hydrogen (secondary N) is 3. The predicted molar refractivity (Wildman–Crippen MR) is 101 cm³/mol. The first-order valence-electron chi connectivity index (χ1n) is 7.03. The molecule has 0 saturated carbocycles. The van der Waals surface area contributed by atoms with Crippen molar-refractivity contribution < 1.29 is 9.53 Å². The van der Waals surface area contributed by atoms with Gasteiger partial charge in [0.2, 0.25) is 5.91 Å². The van der Waals surface area contributed by atoms with E-state index in [9.17, 15) is 4.79 Å². The van der Waals surface area contributed by atoms with E-state index in [0.717, 1.165) is 5.69 Å². The number of para-hydroxylation sites is 1. The third-order valence-electron chi connectivity index (χ3n) is 2.83. The van der Waals surface area contributed by atoms with Gasteiger partial charge in [0.25, 0.3) is 0 Å². The predicted octanol–water partition coefficient (Wildman–Crippen LogP) is 3.78. The Bertz CT molecular complexity index is 714. The largest absolute Gasteiger partial charge is 0.491 e. The molecule has 0 radical (unpaired) electrons. The molecule has 5 nitrogen and oxygen atoms in total. The number of hydrazine groups is 1. The lowest BCUT2D eigenvalue weighted by molar-refractivity contribution is -0.122. The topological polar surface area (TPSA) is 62.4 Å². The van der Waals surface area contributed by atoms with Crippen molar-refractivity contribution in [1.82, 2.24) is 10.9 Å². The molecule has 0 unspecified atom stereocenters. The normalized spacial score (nSPS) is 9.92. The Morgan fingerprint density at radius 1 is 1.08 bits per heavy atom. The smallest absolute Gasteiger partial charge is 0.241 e. The first kappa shape index (κ1) is 18.3. The van der Waals surface area contributed by atoms with Gasteiger partial charge in [-0.15, -0.1) is 0 Å². The minimum absolute atomic E-state index is 0.139. The summed E-state index contributed by atoms with van der Waals surface area (Å²) in [5.41, 5.74) is 5.93. The van der Waals surface area contributed by atoms with Crippen molar-refractivity contribution >= 4 is 52.1 Å². The van der Waals surface area contributed by atoms with E-state index in [1.165, 1.54) is 0 Å². The number of carbonyl (C=O) groups is 1. The van der Waals surface area contributed by atoms with Crippen molar-refractivity contribution in [2.45, 2.75) is 6.42 Å². The molecule has 0 aliphatic heterocycles. The summed E-state index contributed by atoms with van der Waals surface area (Å²) >= 11 is 16.9. The second-order valence-corrected chi connectivity index (χ2v) is 5.92. The highest BCUT2D eigenvalue weighted by atomic mass is 35.5. The number of thiocarbonyl (C=S) groups is 1. The monoisotopic (exact) mass is 383 g/mol. The van der Waals surface area contributed by atoms with E-state index >= 15 is 0 Å². The summed E-state index contributed by atoms with van der Waals surface area (Å²) in [5, 5.41) is 4.14. The van der Waals surface area contributed by atoms with E-state index < -0.39 is 0 Å². The van der Waals surface area contributed by atoms with Gasteiger partial charge in [-0.2, -0.15) is 0 Å². The summed E-state index contributed by atoms with van der Waals surface area (Å²) in [6, 6.07) is 14.3. The average molecular weight is 384 g/mol. The molecule has 0 bridgehead atoms. The zero-order valence-electron chi connectivity index (χ0n) is 12.5. The van der Waals surface area contributed by atoms with Crippen LogP contribution in [-0.2, 0) is 4.79 Å². The van der Waals surface area contributed by atoms with Gasteiger partial charge >= 0.3 is 0 Å².